The molecule has 1 saturated heterocycles. The second-order valence-electron chi connectivity index (χ2n) is 4.28. The molecule has 2 rings (SSSR count). The van der Waals surface area contributed by atoms with E-state index >= 15 is 0 Å². The number of methoxy groups -OCH3 is 2. The Morgan fingerprint density at radius 1 is 1.37 bits per heavy atom. The molecule has 1 fully saturated rings. The predicted molar refractivity (Wildman–Crippen MR) is 68.8 cm³/mol. The van der Waals surface area contributed by atoms with Crippen molar-refractivity contribution in [3.63, 3.8) is 0 Å². The third kappa shape index (κ3) is 2.73. The van der Waals surface area contributed by atoms with E-state index in [1.165, 1.54) is 12.0 Å². The molecular formula is C13H17NO5. The molecule has 0 spiro atoms. The Kier molecular flexibility index (Phi) is 4.11. The maximum Gasteiger partial charge on any atom is 0.414 e. The van der Waals surface area contributed by atoms with Gasteiger partial charge in [0.1, 0.15) is 0 Å². The Morgan fingerprint density at radius 2 is 2.11 bits per heavy atom. The molecule has 0 saturated carbocycles. The van der Waals surface area contributed by atoms with Crippen LogP contribution >= 0.6 is 0 Å². The lowest BCUT2D eigenvalue weighted by molar-refractivity contribution is 0.0900. The number of hydrogen-bond donors (Lipinski definition) is 1. The van der Waals surface area contributed by atoms with Gasteiger partial charge in [0.25, 0.3) is 0 Å². The van der Waals surface area contributed by atoms with Crippen LogP contribution in [0.4, 0.5) is 10.5 Å². The molecule has 0 aliphatic carbocycles. The summed E-state index contributed by atoms with van der Waals surface area (Å²) in [6, 6.07) is 5.19. The lowest BCUT2D eigenvalue weighted by atomic mass is 10.1. The molecule has 1 aliphatic rings. The van der Waals surface area contributed by atoms with Crippen LogP contribution in [-0.4, -0.2) is 45.2 Å². The molecule has 6 heteroatoms. The van der Waals surface area contributed by atoms with Crippen molar-refractivity contribution in [1.82, 2.24) is 0 Å². The summed E-state index contributed by atoms with van der Waals surface area (Å²) >= 11 is 0. The summed E-state index contributed by atoms with van der Waals surface area (Å²) in [6.07, 6.45) is -0.420. The molecule has 19 heavy (non-hydrogen) atoms. The van der Waals surface area contributed by atoms with Gasteiger partial charge < -0.3 is 19.3 Å². The van der Waals surface area contributed by atoms with Crippen molar-refractivity contribution in [2.75, 3.05) is 38.9 Å². The summed E-state index contributed by atoms with van der Waals surface area (Å²) < 4.78 is 15.4. The number of aliphatic hydroxyl groups excluding tert-OH is 1. The third-order valence-electron chi connectivity index (χ3n) is 3.04. The Hall–Kier alpha value is -1.95. The fraction of sp³-hybridized carbons (Fsp3) is 0.462. The van der Waals surface area contributed by atoms with Crippen LogP contribution in [0.5, 0.6) is 11.5 Å². The van der Waals surface area contributed by atoms with Gasteiger partial charge in [-0.3, -0.25) is 4.90 Å². The highest BCUT2D eigenvalue weighted by molar-refractivity contribution is 5.88. The number of rotatable bonds is 4. The average Bonchev–Trinajstić information content (AvgIpc) is 2.47. The quantitative estimate of drug-likeness (QED) is 0.889. The number of carbonyl (C=O) groups is 1. The van der Waals surface area contributed by atoms with Crippen molar-refractivity contribution in [1.29, 1.82) is 0 Å². The predicted octanol–water partition coefficient (Wildman–Crippen LogP) is 1.27. The number of benzene rings is 1. The number of amides is 1. The molecule has 104 valence electrons. The first-order valence-corrected chi connectivity index (χ1v) is 5.96. The van der Waals surface area contributed by atoms with Gasteiger partial charge in [-0.2, -0.15) is 0 Å². The Morgan fingerprint density at radius 3 is 2.74 bits per heavy atom. The first kappa shape index (κ1) is 13.5. The highest BCUT2D eigenvalue weighted by Gasteiger charge is 2.28. The van der Waals surface area contributed by atoms with E-state index in [0.717, 1.165) is 0 Å². The molecular weight excluding hydrogens is 250 g/mol. The van der Waals surface area contributed by atoms with E-state index in [1.54, 1.807) is 25.3 Å². The van der Waals surface area contributed by atoms with Crippen molar-refractivity contribution >= 4 is 11.8 Å². The molecule has 1 aliphatic heterocycles. The van der Waals surface area contributed by atoms with Crippen LogP contribution in [0.1, 0.15) is 0 Å². The van der Waals surface area contributed by atoms with Crippen LogP contribution in [0.25, 0.3) is 0 Å². The Bertz CT molecular complexity index is 462. The van der Waals surface area contributed by atoms with Gasteiger partial charge in [-0.15, -0.1) is 0 Å². The summed E-state index contributed by atoms with van der Waals surface area (Å²) in [6.45, 7) is 0.654. The standard InChI is InChI=1S/C13H17NO5/c1-17-11-4-3-10(5-12(11)18-2)14-6-9(7-15)8-19-13(14)16/h3-5,9,15H,6-8H2,1-2H3. The van der Waals surface area contributed by atoms with Crippen LogP contribution in [0.3, 0.4) is 0 Å². The van der Waals surface area contributed by atoms with Crippen LogP contribution in [0.2, 0.25) is 0 Å². The van der Waals surface area contributed by atoms with Gasteiger partial charge in [0, 0.05) is 18.5 Å². The molecule has 1 aromatic rings. The molecule has 1 unspecified atom stereocenters. The van der Waals surface area contributed by atoms with Crippen LogP contribution in [-0.2, 0) is 4.74 Å². The zero-order valence-electron chi connectivity index (χ0n) is 11.0. The van der Waals surface area contributed by atoms with E-state index in [4.69, 9.17) is 19.3 Å². The number of aliphatic hydroxyl groups is 1. The first-order chi connectivity index (χ1) is 9.19. The summed E-state index contributed by atoms with van der Waals surface area (Å²) in [5.41, 5.74) is 0.654. The lowest BCUT2D eigenvalue weighted by Gasteiger charge is -2.31. The normalized spacial score (nSPS) is 19.0. The molecule has 1 N–H and O–H groups in total. The molecule has 1 aromatic carbocycles. The molecule has 0 radical (unpaired) electrons. The number of anilines is 1. The van der Waals surface area contributed by atoms with Crippen LogP contribution in [0, 0.1) is 5.92 Å². The van der Waals surface area contributed by atoms with E-state index in [0.29, 0.717) is 23.7 Å². The van der Waals surface area contributed by atoms with Gasteiger partial charge in [0.15, 0.2) is 11.5 Å². The minimum atomic E-state index is -0.420. The maximum atomic E-state index is 11.8. The molecule has 6 nitrogen and oxygen atoms in total. The maximum absolute atomic E-state index is 11.8. The first-order valence-electron chi connectivity index (χ1n) is 5.96. The largest absolute Gasteiger partial charge is 0.493 e. The van der Waals surface area contributed by atoms with Gasteiger partial charge >= 0.3 is 6.09 Å². The number of hydrogen-bond acceptors (Lipinski definition) is 5. The van der Waals surface area contributed by atoms with Crippen molar-refractivity contribution in [2.45, 2.75) is 0 Å². The number of carbonyl (C=O) groups excluding carboxylic acids is 1. The minimum Gasteiger partial charge on any atom is -0.493 e. The summed E-state index contributed by atoms with van der Waals surface area (Å²) in [4.78, 5) is 13.2. The fourth-order valence-corrected chi connectivity index (χ4v) is 1.97. The van der Waals surface area contributed by atoms with E-state index < -0.39 is 6.09 Å². The highest BCUT2D eigenvalue weighted by atomic mass is 16.6. The van der Waals surface area contributed by atoms with E-state index in [9.17, 15) is 4.79 Å². The summed E-state index contributed by atoms with van der Waals surface area (Å²) in [5.74, 6) is 1.06. The minimum absolute atomic E-state index is 0.0168. The summed E-state index contributed by atoms with van der Waals surface area (Å²) in [5, 5.41) is 9.16. The van der Waals surface area contributed by atoms with Crippen LogP contribution in [0.15, 0.2) is 18.2 Å². The lowest BCUT2D eigenvalue weighted by Crippen LogP contribution is -2.44. The molecule has 1 amide bonds. The molecule has 1 atom stereocenters. The van der Waals surface area contributed by atoms with Crippen molar-refractivity contribution < 1.29 is 24.1 Å². The molecule has 0 bridgehead atoms. The van der Waals surface area contributed by atoms with Crippen LogP contribution < -0.4 is 14.4 Å². The number of cyclic esters (lactones) is 1. The van der Waals surface area contributed by atoms with Gasteiger partial charge in [0.2, 0.25) is 0 Å². The third-order valence-corrected chi connectivity index (χ3v) is 3.04. The van der Waals surface area contributed by atoms with E-state index in [2.05, 4.69) is 0 Å². The van der Waals surface area contributed by atoms with Crippen molar-refractivity contribution in [2.24, 2.45) is 5.92 Å². The average molecular weight is 267 g/mol. The number of nitrogens with zero attached hydrogens (tertiary/aromatic N) is 1. The zero-order chi connectivity index (χ0) is 13.8. The van der Waals surface area contributed by atoms with Gasteiger partial charge in [-0.05, 0) is 12.1 Å². The monoisotopic (exact) mass is 267 g/mol. The Labute approximate surface area is 111 Å². The van der Waals surface area contributed by atoms with E-state index in [-0.39, 0.29) is 19.1 Å². The number of ether oxygens (including phenoxy) is 3. The van der Waals surface area contributed by atoms with Gasteiger partial charge in [-0.25, -0.2) is 4.79 Å². The molecule has 0 aromatic heterocycles. The highest BCUT2D eigenvalue weighted by Crippen LogP contribution is 2.32. The van der Waals surface area contributed by atoms with Gasteiger partial charge in [-0.1, -0.05) is 0 Å². The zero-order valence-corrected chi connectivity index (χ0v) is 11.0. The fourth-order valence-electron chi connectivity index (χ4n) is 1.97. The van der Waals surface area contributed by atoms with E-state index in [1.807, 2.05) is 0 Å². The Balaban J connectivity index is 2.27. The van der Waals surface area contributed by atoms with Gasteiger partial charge in [0.05, 0.1) is 33.1 Å². The summed E-state index contributed by atoms with van der Waals surface area (Å²) in [7, 11) is 3.08. The molecule has 1 heterocycles. The second-order valence-corrected chi connectivity index (χ2v) is 4.28. The SMILES string of the molecule is COc1ccc(N2CC(CO)COC2=O)cc1OC. The second kappa shape index (κ2) is 5.79. The van der Waals surface area contributed by atoms with Crippen molar-refractivity contribution in [3.05, 3.63) is 18.2 Å². The topological polar surface area (TPSA) is 68.2 Å². The smallest absolute Gasteiger partial charge is 0.414 e. The van der Waals surface area contributed by atoms with Crippen molar-refractivity contribution in [3.8, 4) is 11.5 Å².